The molecule has 1 saturated carbocycles. The van der Waals surface area contributed by atoms with E-state index in [0.29, 0.717) is 12.0 Å². The highest BCUT2D eigenvalue weighted by Crippen LogP contribution is 2.45. The van der Waals surface area contributed by atoms with E-state index in [1.165, 1.54) is 0 Å². The Balaban J connectivity index is 2.02. The SMILES string of the molecule is O=C(O)[C@@H]1[C@H]2CCN[C@H]21. The Hall–Kier alpha value is -0.570. The molecule has 0 aromatic rings. The van der Waals surface area contributed by atoms with Gasteiger partial charge in [0.2, 0.25) is 0 Å². The van der Waals surface area contributed by atoms with Gasteiger partial charge in [0, 0.05) is 6.04 Å². The van der Waals surface area contributed by atoms with E-state index in [4.69, 9.17) is 5.11 Å². The van der Waals surface area contributed by atoms with Crippen LogP contribution in [0, 0.1) is 11.8 Å². The van der Waals surface area contributed by atoms with Gasteiger partial charge in [-0.25, -0.2) is 0 Å². The molecule has 0 radical (unpaired) electrons. The van der Waals surface area contributed by atoms with Crippen molar-refractivity contribution >= 4 is 5.97 Å². The topological polar surface area (TPSA) is 49.3 Å². The van der Waals surface area contributed by atoms with Crippen molar-refractivity contribution in [2.75, 3.05) is 6.54 Å². The van der Waals surface area contributed by atoms with Gasteiger partial charge in [-0.15, -0.1) is 0 Å². The van der Waals surface area contributed by atoms with Crippen LogP contribution in [0.1, 0.15) is 6.42 Å². The van der Waals surface area contributed by atoms with Crippen molar-refractivity contribution in [3.05, 3.63) is 0 Å². The van der Waals surface area contributed by atoms with Crippen LogP contribution in [-0.2, 0) is 4.79 Å². The summed E-state index contributed by atoms with van der Waals surface area (Å²) in [4.78, 5) is 10.3. The molecular weight excluding hydrogens is 118 g/mol. The lowest BCUT2D eigenvalue weighted by molar-refractivity contribution is -0.139. The predicted octanol–water partition coefficient (Wildman–Crippen LogP) is -0.321. The first-order chi connectivity index (χ1) is 4.30. The van der Waals surface area contributed by atoms with Gasteiger partial charge in [0.05, 0.1) is 5.92 Å². The zero-order valence-corrected chi connectivity index (χ0v) is 5.00. The smallest absolute Gasteiger partial charge is 0.308 e. The third-order valence-corrected chi connectivity index (χ3v) is 2.31. The first-order valence-electron chi connectivity index (χ1n) is 3.27. The molecule has 3 nitrogen and oxygen atoms in total. The van der Waals surface area contributed by atoms with Gasteiger partial charge < -0.3 is 10.4 Å². The van der Waals surface area contributed by atoms with Crippen molar-refractivity contribution in [3.63, 3.8) is 0 Å². The molecule has 2 fully saturated rings. The number of rotatable bonds is 1. The fraction of sp³-hybridized carbons (Fsp3) is 0.833. The van der Waals surface area contributed by atoms with E-state index >= 15 is 0 Å². The van der Waals surface area contributed by atoms with Gasteiger partial charge in [0.25, 0.3) is 0 Å². The average molecular weight is 127 g/mol. The minimum atomic E-state index is -0.628. The number of fused-ring (bicyclic) bond motifs is 1. The summed E-state index contributed by atoms with van der Waals surface area (Å²) in [5.41, 5.74) is 0. The van der Waals surface area contributed by atoms with Crippen LogP contribution >= 0.6 is 0 Å². The largest absolute Gasteiger partial charge is 0.481 e. The molecular formula is C6H9NO2. The summed E-state index contributed by atoms with van der Waals surface area (Å²) in [5.74, 6) is -0.224. The van der Waals surface area contributed by atoms with Gasteiger partial charge >= 0.3 is 5.97 Å². The molecule has 1 aliphatic heterocycles. The second-order valence-electron chi connectivity index (χ2n) is 2.80. The van der Waals surface area contributed by atoms with Gasteiger partial charge in [0.1, 0.15) is 0 Å². The standard InChI is InChI=1S/C6H9NO2/c8-6(9)4-3-1-2-7-5(3)4/h3-5,7H,1-2H2,(H,8,9)/t3-,4-,5-/m1/s1. The molecule has 9 heavy (non-hydrogen) atoms. The number of carboxylic acid groups (broad SMARTS) is 1. The molecule has 2 aliphatic rings. The zero-order valence-electron chi connectivity index (χ0n) is 5.00. The van der Waals surface area contributed by atoms with E-state index in [1.807, 2.05) is 0 Å². The quantitative estimate of drug-likeness (QED) is 0.507. The van der Waals surface area contributed by atoms with Crippen molar-refractivity contribution in [1.82, 2.24) is 5.32 Å². The second-order valence-corrected chi connectivity index (χ2v) is 2.80. The maximum Gasteiger partial charge on any atom is 0.308 e. The Morgan fingerprint density at radius 3 is 2.78 bits per heavy atom. The average Bonchev–Trinajstić information content (AvgIpc) is 2.30. The van der Waals surface area contributed by atoms with E-state index in [0.717, 1.165) is 13.0 Å². The highest BCUT2D eigenvalue weighted by molar-refractivity contribution is 5.75. The van der Waals surface area contributed by atoms with Crippen molar-refractivity contribution < 1.29 is 9.90 Å². The number of carboxylic acids is 1. The summed E-state index contributed by atoms with van der Waals surface area (Å²) >= 11 is 0. The highest BCUT2D eigenvalue weighted by Gasteiger charge is 2.57. The van der Waals surface area contributed by atoms with Gasteiger partial charge in [-0.05, 0) is 18.9 Å². The van der Waals surface area contributed by atoms with Crippen molar-refractivity contribution in [3.8, 4) is 0 Å². The maximum atomic E-state index is 10.3. The highest BCUT2D eigenvalue weighted by atomic mass is 16.4. The van der Waals surface area contributed by atoms with E-state index in [1.54, 1.807) is 0 Å². The van der Waals surface area contributed by atoms with Gasteiger partial charge in [-0.3, -0.25) is 4.79 Å². The number of piperidine rings is 1. The number of aliphatic carboxylic acids is 1. The maximum absolute atomic E-state index is 10.3. The lowest BCUT2D eigenvalue weighted by Gasteiger charge is -1.95. The normalized spacial score (nSPS) is 46.4. The zero-order chi connectivity index (χ0) is 6.43. The molecule has 2 N–H and O–H groups in total. The molecule has 1 aliphatic carbocycles. The van der Waals surface area contributed by atoms with Gasteiger partial charge in [0.15, 0.2) is 0 Å². The van der Waals surface area contributed by atoms with E-state index in [9.17, 15) is 4.79 Å². The molecule has 2 rings (SSSR count). The molecule has 0 amide bonds. The van der Waals surface area contributed by atoms with Crippen molar-refractivity contribution in [1.29, 1.82) is 0 Å². The molecule has 0 spiro atoms. The van der Waals surface area contributed by atoms with Crippen LogP contribution in [0.15, 0.2) is 0 Å². The van der Waals surface area contributed by atoms with Gasteiger partial charge in [-0.2, -0.15) is 0 Å². The summed E-state index contributed by atoms with van der Waals surface area (Å²) in [6, 6.07) is 0.322. The van der Waals surface area contributed by atoms with Gasteiger partial charge in [-0.1, -0.05) is 0 Å². The fourth-order valence-electron chi connectivity index (χ4n) is 1.76. The summed E-state index contributed by atoms with van der Waals surface area (Å²) < 4.78 is 0. The first kappa shape index (κ1) is 5.23. The predicted molar refractivity (Wildman–Crippen MR) is 31.0 cm³/mol. The first-order valence-corrected chi connectivity index (χ1v) is 3.27. The minimum absolute atomic E-state index is 0.0567. The Morgan fingerprint density at radius 2 is 2.44 bits per heavy atom. The lowest BCUT2D eigenvalue weighted by Crippen LogP contribution is -2.18. The molecule has 3 atom stereocenters. The van der Waals surface area contributed by atoms with E-state index in [-0.39, 0.29) is 5.92 Å². The summed E-state index contributed by atoms with van der Waals surface area (Å²) in [5, 5.41) is 11.7. The molecule has 50 valence electrons. The lowest BCUT2D eigenvalue weighted by atomic mass is 10.2. The molecule has 3 heteroatoms. The van der Waals surface area contributed by atoms with Crippen LogP contribution < -0.4 is 5.32 Å². The number of nitrogens with one attached hydrogen (secondary N) is 1. The van der Waals surface area contributed by atoms with Crippen LogP contribution in [0.5, 0.6) is 0 Å². The monoisotopic (exact) mass is 127 g/mol. The van der Waals surface area contributed by atoms with E-state index < -0.39 is 5.97 Å². The number of hydrogen-bond acceptors (Lipinski definition) is 2. The van der Waals surface area contributed by atoms with Crippen LogP contribution in [0.2, 0.25) is 0 Å². The van der Waals surface area contributed by atoms with Crippen molar-refractivity contribution in [2.24, 2.45) is 11.8 Å². The van der Waals surface area contributed by atoms with Crippen LogP contribution in [0.3, 0.4) is 0 Å². The number of carbonyl (C=O) groups is 1. The van der Waals surface area contributed by atoms with Crippen LogP contribution in [0.25, 0.3) is 0 Å². The summed E-state index contributed by atoms with van der Waals surface area (Å²) in [6.45, 7) is 1.01. The minimum Gasteiger partial charge on any atom is -0.481 e. The van der Waals surface area contributed by atoms with E-state index in [2.05, 4.69) is 5.32 Å². The Bertz CT molecular complexity index is 147. The number of hydrogen-bond donors (Lipinski definition) is 2. The third-order valence-electron chi connectivity index (χ3n) is 2.31. The molecule has 1 heterocycles. The summed E-state index contributed by atoms with van der Waals surface area (Å²) in [6.07, 6.45) is 1.06. The van der Waals surface area contributed by atoms with Crippen LogP contribution in [0.4, 0.5) is 0 Å². The summed E-state index contributed by atoms with van der Waals surface area (Å²) in [7, 11) is 0. The van der Waals surface area contributed by atoms with Crippen molar-refractivity contribution in [2.45, 2.75) is 12.5 Å². The van der Waals surface area contributed by atoms with Crippen LogP contribution in [-0.4, -0.2) is 23.7 Å². The second kappa shape index (κ2) is 1.48. The Labute approximate surface area is 53.1 Å². The molecule has 0 unspecified atom stereocenters. The molecule has 0 aromatic heterocycles. The third kappa shape index (κ3) is 0.580. The molecule has 0 bridgehead atoms. The Kier molecular flexibility index (Phi) is 0.858. The Morgan fingerprint density at radius 1 is 1.67 bits per heavy atom. The molecule has 1 saturated heterocycles. The fourth-order valence-corrected chi connectivity index (χ4v) is 1.76. The molecule has 0 aromatic carbocycles.